The topological polar surface area (TPSA) is 67.9 Å². The molecule has 2 amide bonds. The van der Waals surface area contributed by atoms with Gasteiger partial charge in [0.05, 0.1) is 5.41 Å². The lowest BCUT2D eigenvalue weighted by Gasteiger charge is -2.37. The van der Waals surface area contributed by atoms with Crippen molar-refractivity contribution in [1.29, 1.82) is 0 Å². The fourth-order valence-electron chi connectivity index (χ4n) is 4.49. The van der Waals surface area contributed by atoms with Gasteiger partial charge in [0.1, 0.15) is 5.60 Å². The minimum absolute atomic E-state index is 0.0814. The number of halogens is 1. The van der Waals surface area contributed by atoms with Crippen LogP contribution in [0.3, 0.4) is 0 Å². The Bertz CT molecular complexity index is 754. The van der Waals surface area contributed by atoms with Crippen molar-refractivity contribution in [2.75, 3.05) is 32.8 Å². The maximum atomic E-state index is 13.3. The SMILES string of the molecule is CC(C)(C)OC(=O)N1CCCC(CCNC(=O)C2(c3ccc(Br)cc3)CCOCC2)C1. The number of ether oxygens (including phenoxy) is 2. The van der Waals surface area contributed by atoms with Crippen molar-refractivity contribution >= 4 is 27.9 Å². The van der Waals surface area contributed by atoms with Gasteiger partial charge in [-0.3, -0.25) is 4.79 Å². The van der Waals surface area contributed by atoms with Crippen LogP contribution < -0.4 is 5.32 Å². The van der Waals surface area contributed by atoms with E-state index in [4.69, 9.17) is 9.47 Å². The van der Waals surface area contributed by atoms with E-state index in [0.717, 1.165) is 35.8 Å². The number of rotatable bonds is 5. The third kappa shape index (κ3) is 6.45. The monoisotopic (exact) mass is 494 g/mol. The molecule has 2 aliphatic rings. The van der Waals surface area contributed by atoms with E-state index in [1.54, 1.807) is 0 Å². The van der Waals surface area contributed by atoms with Crippen molar-refractivity contribution < 1.29 is 19.1 Å². The highest BCUT2D eigenvalue weighted by atomic mass is 79.9. The van der Waals surface area contributed by atoms with Crippen molar-refractivity contribution in [3.8, 4) is 0 Å². The van der Waals surface area contributed by atoms with Crippen LogP contribution in [0.25, 0.3) is 0 Å². The number of piperidine rings is 1. The van der Waals surface area contributed by atoms with E-state index in [1.807, 2.05) is 49.9 Å². The minimum atomic E-state index is -0.534. The first-order valence-corrected chi connectivity index (χ1v) is 12.1. The first-order valence-electron chi connectivity index (χ1n) is 11.3. The van der Waals surface area contributed by atoms with Crippen LogP contribution in [0, 0.1) is 5.92 Å². The Hall–Kier alpha value is -1.60. The molecule has 1 aromatic rings. The number of likely N-dealkylation sites (tertiary alicyclic amines) is 1. The number of carbonyl (C=O) groups is 2. The molecule has 0 aliphatic carbocycles. The van der Waals surface area contributed by atoms with Gasteiger partial charge in [0, 0.05) is 37.3 Å². The average Bonchev–Trinajstić information content (AvgIpc) is 2.73. The van der Waals surface area contributed by atoms with Crippen LogP contribution in [0.2, 0.25) is 0 Å². The zero-order valence-electron chi connectivity index (χ0n) is 18.9. The van der Waals surface area contributed by atoms with Crippen molar-refractivity contribution in [2.24, 2.45) is 5.92 Å². The van der Waals surface area contributed by atoms with Crippen molar-refractivity contribution in [3.63, 3.8) is 0 Å². The number of nitrogens with zero attached hydrogens (tertiary/aromatic N) is 1. The van der Waals surface area contributed by atoms with Crippen LogP contribution in [-0.4, -0.2) is 55.3 Å². The third-order valence-electron chi connectivity index (χ3n) is 6.19. The molecule has 1 N–H and O–H groups in total. The molecule has 0 aromatic heterocycles. The summed E-state index contributed by atoms with van der Waals surface area (Å²) >= 11 is 3.48. The van der Waals surface area contributed by atoms with Crippen LogP contribution in [0.15, 0.2) is 28.7 Å². The molecule has 0 bridgehead atoms. The molecular formula is C24H35BrN2O4. The maximum absolute atomic E-state index is 13.3. The van der Waals surface area contributed by atoms with E-state index in [0.29, 0.717) is 45.1 Å². The summed E-state index contributed by atoms with van der Waals surface area (Å²) in [6.45, 7) is 8.90. The molecule has 1 atom stereocenters. The Morgan fingerprint density at radius 3 is 2.55 bits per heavy atom. The fourth-order valence-corrected chi connectivity index (χ4v) is 4.75. The van der Waals surface area contributed by atoms with Gasteiger partial charge in [-0.2, -0.15) is 0 Å². The van der Waals surface area contributed by atoms with Crippen molar-refractivity contribution in [1.82, 2.24) is 10.2 Å². The molecule has 31 heavy (non-hydrogen) atoms. The first kappa shape index (κ1) is 24.1. The van der Waals surface area contributed by atoms with Gasteiger partial charge in [0.2, 0.25) is 5.91 Å². The standard InChI is InChI=1S/C24H35BrN2O4/c1-23(2,3)31-22(29)27-14-4-5-18(17-27)10-13-26-21(28)24(11-15-30-16-12-24)19-6-8-20(25)9-7-19/h6-9,18H,4-5,10-17H2,1-3H3,(H,26,28). The zero-order valence-corrected chi connectivity index (χ0v) is 20.5. The normalized spacial score (nSPS) is 21.4. The second-order valence-corrected chi connectivity index (χ2v) is 10.6. The molecule has 172 valence electrons. The predicted octanol–water partition coefficient (Wildman–Crippen LogP) is 4.65. The second kappa shape index (κ2) is 10.3. The smallest absolute Gasteiger partial charge is 0.410 e. The van der Waals surface area contributed by atoms with E-state index in [9.17, 15) is 9.59 Å². The maximum Gasteiger partial charge on any atom is 0.410 e. The summed E-state index contributed by atoms with van der Waals surface area (Å²) in [6.07, 6.45) is 4.04. The van der Waals surface area contributed by atoms with Gasteiger partial charge in [0.15, 0.2) is 0 Å². The van der Waals surface area contributed by atoms with Crippen LogP contribution in [-0.2, 0) is 19.7 Å². The number of hydrogen-bond donors (Lipinski definition) is 1. The third-order valence-corrected chi connectivity index (χ3v) is 6.72. The second-order valence-electron chi connectivity index (χ2n) is 9.68. The lowest BCUT2D eigenvalue weighted by Crippen LogP contribution is -2.49. The minimum Gasteiger partial charge on any atom is -0.444 e. The molecule has 0 saturated carbocycles. The predicted molar refractivity (Wildman–Crippen MR) is 124 cm³/mol. The van der Waals surface area contributed by atoms with Gasteiger partial charge in [-0.05, 0) is 76.5 Å². The van der Waals surface area contributed by atoms with Gasteiger partial charge in [-0.15, -0.1) is 0 Å². The van der Waals surface area contributed by atoms with Gasteiger partial charge in [-0.1, -0.05) is 28.1 Å². The molecule has 2 aliphatic heterocycles. The van der Waals surface area contributed by atoms with Gasteiger partial charge in [0.25, 0.3) is 0 Å². The van der Waals surface area contributed by atoms with Gasteiger partial charge in [-0.25, -0.2) is 4.79 Å². The number of amides is 2. The summed E-state index contributed by atoms with van der Waals surface area (Å²) in [7, 11) is 0. The molecule has 6 nitrogen and oxygen atoms in total. The van der Waals surface area contributed by atoms with Crippen molar-refractivity contribution in [2.45, 2.75) is 63.9 Å². The lowest BCUT2D eigenvalue weighted by molar-refractivity contribution is -0.130. The zero-order chi connectivity index (χ0) is 22.5. The van der Waals surface area contributed by atoms with Gasteiger partial charge >= 0.3 is 6.09 Å². The lowest BCUT2D eigenvalue weighted by atomic mass is 9.73. The van der Waals surface area contributed by atoms with Gasteiger partial charge < -0.3 is 19.7 Å². The quantitative estimate of drug-likeness (QED) is 0.646. The molecule has 7 heteroatoms. The molecule has 2 heterocycles. The summed E-state index contributed by atoms with van der Waals surface area (Å²) < 4.78 is 12.1. The van der Waals surface area contributed by atoms with E-state index in [2.05, 4.69) is 21.2 Å². The average molecular weight is 495 g/mol. The Morgan fingerprint density at radius 2 is 1.90 bits per heavy atom. The summed E-state index contributed by atoms with van der Waals surface area (Å²) in [5.41, 5.74) is 0.0298. The van der Waals surface area contributed by atoms with Crippen LogP contribution >= 0.6 is 15.9 Å². The highest BCUT2D eigenvalue weighted by Gasteiger charge is 2.41. The molecule has 0 spiro atoms. The Balaban J connectivity index is 1.55. The number of hydrogen-bond acceptors (Lipinski definition) is 4. The van der Waals surface area contributed by atoms with Crippen molar-refractivity contribution in [3.05, 3.63) is 34.3 Å². The molecule has 1 aromatic carbocycles. The molecule has 2 fully saturated rings. The summed E-state index contributed by atoms with van der Waals surface area (Å²) in [5.74, 6) is 0.456. The summed E-state index contributed by atoms with van der Waals surface area (Å²) in [5, 5.41) is 3.20. The summed E-state index contributed by atoms with van der Waals surface area (Å²) in [6, 6.07) is 8.06. The largest absolute Gasteiger partial charge is 0.444 e. The molecule has 0 radical (unpaired) electrons. The molecule has 3 rings (SSSR count). The van der Waals surface area contributed by atoms with E-state index < -0.39 is 11.0 Å². The van der Waals surface area contributed by atoms with Crippen LogP contribution in [0.4, 0.5) is 4.79 Å². The highest BCUT2D eigenvalue weighted by molar-refractivity contribution is 9.10. The highest BCUT2D eigenvalue weighted by Crippen LogP contribution is 2.36. The van der Waals surface area contributed by atoms with E-state index in [-0.39, 0.29) is 12.0 Å². The number of nitrogens with one attached hydrogen (secondary N) is 1. The summed E-state index contributed by atoms with van der Waals surface area (Å²) in [4.78, 5) is 27.5. The van der Waals surface area contributed by atoms with E-state index >= 15 is 0 Å². The van der Waals surface area contributed by atoms with Crippen LogP contribution in [0.5, 0.6) is 0 Å². The fraction of sp³-hybridized carbons (Fsp3) is 0.667. The Labute approximate surface area is 194 Å². The first-order chi connectivity index (χ1) is 14.7. The van der Waals surface area contributed by atoms with Crippen LogP contribution in [0.1, 0.15) is 58.4 Å². The molecular weight excluding hydrogens is 460 g/mol. The number of benzene rings is 1. The Kier molecular flexibility index (Phi) is 8.03. The molecule has 1 unspecified atom stereocenters. The van der Waals surface area contributed by atoms with E-state index in [1.165, 1.54) is 0 Å². The Morgan fingerprint density at radius 1 is 1.23 bits per heavy atom. The molecule has 2 saturated heterocycles. The number of carbonyl (C=O) groups excluding carboxylic acids is 2.